The molecule has 1 aromatic heterocycles. The van der Waals surface area contributed by atoms with E-state index in [4.69, 9.17) is 5.73 Å². The summed E-state index contributed by atoms with van der Waals surface area (Å²) in [6.45, 7) is 1.74. The van der Waals surface area contributed by atoms with E-state index in [1.807, 2.05) is 12.1 Å². The van der Waals surface area contributed by atoms with Crippen LogP contribution >= 0.6 is 24.0 Å². The first-order chi connectivity index (χ1) is 14.7. The molecule has 12 heteroatoms. The zero-order valence-corrected chi connectivity index (χ0v) is 20.4. The molecule has 0 radical (unpaired) electrons. The molecule has 0 bridgehead atoms. The minimum atomic E-state index is -4.18. The number of pyridine rings is 1. The normalized spacial score (nSPS) is 20.7. The van der Waals surface area contributed by atoms with Crippen LogP contribution < -0.4 is 21.3 Å². The Labute approximate surface area is 203 Å². The molecule has 2 aliphatic rings. The van der Waals surface area contributed by atoms with Crippen molar-refractivity contribution in [1.82, 2.24) is 20.5 Å². The number of piperidine rings is 1. The van der Waals surface area contributed by atoms with Gasteiger partial charge < -0.3 is 21.3 Å². The minimum absolute atomic E-state index is 0. The number of aromatic nitrogens is 1. The summed E-state index contributed by atoms with van der Waals surface area (Å²) in [5.74, 6) is 1.05. The molecule has 1 atom stereocenters. The first kappa shape index (κ1) is 26.4. The number of carbonyl (C=O) groups is 1. The Balaban J connectivity index is 0.00000363. The van der Waals surface area contributed by atoms with Gasteiger partial charge in [0.15, 0.2) is 5.96 Å². The van der Waals surface area contributed by atoms with Crippen molar-refractivity contribution < 1.29 is 18.0 Å². The second-order valence-corrected chi connectivity index (χ2v) is 8.06. The monoisotopic (exact) mass is 569 g/mol. The van der Waals surface area contributed by atoms with E-state index in [0.29, 0.717) is 57.9 Å². The lowest BCUT2D eigenvalue weighted by molar-refractivity contribution is -0.143. The van der Waals surface area contributed by atoms with Gasteiger partial charge in [-0.05, 0) is 25.3 Å². The molecule has 32 heavy (non-hydrogen) atoms. The number of primary amides is 1. The van der Waals surface area contributed by atoms with Crippen LogP contribution in [0.2, 0.25) is 0 Å². The zero-order valence-electron chi connectivity index (χ0n) is 18.1. The number of aliphatic imine (C=N–C) groups is 1. The molecule has 0 aliphatic carbocycles. The summed E-state index contributed by atoms with van der Waals surface area (Å²) >= 11 is 0. The summed E-state index contributed by atoms with van der Waals surface area (Å²) in [7, 11) is 1.64. The maximum Gasteiger partial charge on any atom is 0.401 e. The molecule has 180 valence electrons. The van der Waals surface area contributed by atoms with Crippen molar-refractivity contribution in [3.05, 3.63) is 23.9 Å². The molecular weight excluding hydrogens is 538 g/mol. The van der Waals surface area contributed by atoms with Crippen LogP contribution in [0.1, 0.15) is 24.8 Å². The topological polar surface area (TPSA) is 98.9 Å². The van der Waals surface area contributed by atoms with E-state index >= 15 is 0 Å². The average Bonchev–Trinajstić information content (AvgIpc) is 3.16. The van der Waals surface area contributed by atoms with E-state index < -0.39 is 12.7 Å². The van der Waals surface area contributed by atoms with E-state index in [9.17, 15) is 18.0 Å². The van der Waals surface area contributed by atoms with Gasteiger partial charge in [-0.2, -0.15) is 13.2 Å². The molecule has 3 rings (SSSR count). The predicted octanol–water partition coefficient (Wildman–Crippen LogP) is 1.70. The average molecular weight is 569 g/mol. The number of hydrogen-bond donors (Lipinski definition) is 3. The fourth-order valence-electron chi connectivity index (χ4n) is 4.14. The molecule has 1 unspecified atom stereocenters. The second kappa shape index (κ2) is 11.9. The van der Waals surface area contributed by atoms with Gasteiger partial charge in [-0.1, -0.05) is 6.07 Å². The largest absolute Gasteiger partial charge is 0.401 e. The Morgan fingerprint density at radius 1 is 1.28 bits per heavy atom. The molecule has 2 saturated heterocycles. The number of guanidine groups is 1. The van der Waals surface area contributed by atoms with Crippen LogP contribution in [0.3, 0.4) is 0 Å². The first-order valence-corrected chi connectivity index (χ1v) is 10.5. The lowest BCUT2D eigenvalue weighted by Crippen LogP contribution is -2.45. The van der Waals surface area contributed by atoms with Crippen LogP contribution in [-0.4, -0.2) is 73.7 Å². The number of alkyl halides is 3. The molecule has 1 aromatic rings. The van der Waals surface area contributed by atoms with Crippen LogP contribution in [0.5, 0.6) is 0 Å². The van der Waals surface area contributed by atoms with Gasteiger partial charge >= 0.3 is 6.18 Å². The number of likely N-dealkylation sites (tertiary alicyclic amines) is 1. The van der Waals surface area contributed by atoms with Crippen LogP contribution in [-0.2, 0) is 11.3 Å². The Kier molecular flexibility index (Phi) is 9.80. The number of rotatable bonds is 6. The third-order valence-electron chi connectivity index (χ3n) is 5.75. The predicted molar refractivity (Wildman–Crippen MR) is 128 cm³/mol. The van der Waals surface area contributed by atoms with E-state index in [1.165, 1.54) is 4.90 Å². The second-order valence-electron chi connectivity index (χ2n) is 8.06. The Morgan fingerprint density at radius 3 is 2.62 bits per heavy atom. The number of nitrogens with one attached hydrogen (secondary N) is 2. The van der Waals surface area contributed by atoms with Gasteiger partial charge in [0.2, 0.25) is 5.91 Å². The number of nitrogens with two attached hydrogens (primary N) is 1. The number of anilines is 1. The molecule has 4 N–H and O–H groups in total. The summed E-state index contributed by atoms with van der Waals surface area (Å²) < 4.78 is 37.8. The van der Waals surface area contributed by atoms with E-state index in [1.54, 1.807) is 13.2 Å². The van der Waals surface area contributed by atoms with Gasteiger partial charge in [-0.3, -0.25) is 14.7 Å². The standard InChI is InChI=1S/C20H30F3N7O.HI/c1-25-19(28-16-6-8-29(12-16)13-20(21,22)23)27-11-15-3-2-7-26-18(15)30-9-4-14(5-10-30)17(24)31;/h2-3,7,14,16H,4-6,8-13H2,1H3,(H2,24,31)(H2,25,27,28);1H. The Morgan fingerprint density at radius 2 is 2.00 bits per heavy atom. The smallest absolute Gasteiger partial charge is 0.369 e. The summed E-state index contributed by atoms with van der Waals surface area (Å²) in [4.78, 5) is 23.7. The third-order valence-corrected chi connectivity index (χ3v) is 5.75. The maximum absolute atomic E-state index is 12.6. The number of hydrogen-bond acceptors (Lipinski definition) is 5. The lowest BCUT2D eigenvalue weighted by atomic mass is 9.96. The van der Waals surface area contributed by atoms with Crippen LogP contribution in [0.4, 0.5) is 19.0 Å². The molecule has 0 saturated carbocycles. The first-order valence-electron chi connectivity index (χ1n) is 10.5. The highest BCUT2D eigenvalue weighted by Crippen LogP contribution is 2.24. The lowest BCUT2D eigenvalue weighted by Gasteiger charge is -2.32. The highest BCUT2D eigenvalue weighted by atomic mass is 127. The molecule has 3 heterocycles. The van der Waals surface area contributed by atoms with E-state index in [-0.39, 0.29) is 41.8 Å². The fraction of sp³-hybridized carbons (Fsp3) is 0.650. The van der Waals surface area contributed by atoms with Crippen LogP contribution in [0.15, 0.2) is 23.3 Å². The van der Waals surface area contributed by atoms with Gasteiger partial charge in [0.1, 0.15) is 5.82 Å². The third kappa shape index (κ3) is 7.64. The molecule has 2 fully saturated rings. The van der Waals surface area contributed by atoms with Crippen molar-refractivity contribution >= 4 is 41.7 Å². The van der Waals surface area contributed by atoms with Crippen molar-refractivity contribution in [2.24, 2.45) is 16.6 Å². The summed E-state index contributed by atoms with van der Waals surface area (Å²) in [6.07, 6.45) is -0.406. The highest BCUT2D eigenvalue weighted by molar-refractivity contribution is 14.0. The molecule has 2 aliphatic heterocycles. The van der Waals surface area contributed by atoms with Crippen molar-refractivity contribution in [1.29, 1.82) is 0 Å². The van der Waals surface area contributed by atoms with Crippen molar-refractivity contribution in [2.45, 2.75) is 38.0 Å². The van der Waals surface area contributed by atoms with Crippen molar-refractivity contribution in [3.8, 4) is 0 Å². The van der Waals surface area contributed by atoms with Crippen LogP contribution in [0.25, 0.3) is 0 Å². The SMILES string of the molecule is CN=C(NCc1cccnc1N1CCC(C(N)=O)CC1)NC1CCN(CC(F)(F)F)C1.I. The molecule has 0 spiro atoms. The highest BCUT2D eigenvalue weighted by Gasteiger charge is 2.34. The van der Waals surface area contributed by atoms with Gasteiger partial charge in [-0.25, -0.2) is 4.98 Å². The molecule has 1 amide bonds. The summed E-state index contributed by atoms with van der Waals surface area (Å²) in [5, 5.41) is 6.45. The maximum atomic E-state index is 12.6. The van der Waals surface area contributed by atoms with Crippen molar-refractivity contribution in [2.75, 3.05) is 44.7 Å². The molecule has 0 aromatic carbocycles. The zero-order chi connectivity index (χ0) is 22.4. The van der Waals surface area contributed by atoms with Gasteiger partial charge in [0.05, 0.1) is 6.54 Å². The van der Waals surface area contributed by atoms with Crippen LogP contribution in [0, 0.1) is 5.92 Å². The fourth-order valence-corrected chi connectivity index (χ4v) is 4.14. The molecule has 8 nitrogen and oxygen atoms in total. The van der Waals surface area contributed by atoms with Gasteiger partial charge in [-0.15, -0.1) is 24.0 Å². The number of carbonyl (C=O) groups excluding carboxylic acids is 1. The summed E-state index contributed by atoms with van der Waals surface area (Å²) in [5.41, 5.74) is 6.40. The van der Waals surface area contributed by atoms with Gasteiger partial charge in [0, 0.05) is 63.5 Å². The van der Waals surface area contributed by atoms with Crippen molar-refractivity contribution in [3.63, 3.8) is 0 Å². The Hall–Kier alpha value is -1.83. The number of halogens is 4. The minimum Gasteiger partial charge on any atom is -0.369 e. The Bertz CT molecular complexity index is 785. The van der Waals surface area contributed by atoms with E-state index in [0.717, 1.165) is 11.4 Å². The quantitative estimate of drug-likeness (QED) is 0.274. The van der Waals surface area contributed by atoms with Gasteiger partial charge in [0.25, 0.3) is 0 Å². The number of nitrogens with zero attached hydrogens (tertiary/aromatic N) is 4. The summed E-state index contributed by atoms with van der Waals surface area (Å²) in [6, 6.07) is 3.75. The number of amides is 1. The van der Waals surface area contributed by atoms with E-state index in [2.05, 4.69) is 25.5 Å². The molecular formula is C20H31F3IN7O.